The molecule has 4 aromatic carbocycles. The molecule has 3 amide bonds. The first-order valence-electron chi connectivity index (χ1n) is 20.9. The van der Waals surface area contributed by atoms with E-state index in [2.05, 4.69) is 57.0 Å². The molecule has 0 bridgehead atoms. The minimum atomic E-state index is -1.01. The summed E-state index contributed by atoms with van der Waals surface area (Å²) in [7, 11) is 2.60. The third-order valence-corrected chi connectivity index (χ3v) is 12.4. The molecule has 0 spiro atoms. The lowest BCUT2D eigenvalue weighted by molar-refractivity contribution is -0.135. The van der Waals surface area contributed by atoms with E-state index in [1.54, 1.807) is 0 Å². The summed E-state index contributed by atoms with van der Waals surface area (Å²) in [5, 5.41) is 19.1. The van der Waals surface area contributed by atoms with Crippen molar-refractivity contribution in [3.05, 3.63) is 102 Å². The Balaban J connectivity index is 0.953. The summed E-state index contributed by atoms with van der Waals surface area (Å²) >= 11 is 0. The Kier molecular flexibility index (Phi) is 10.8. The van der Waals surface area contributed by atoms with Gasteiger partial charge in [-0.05, 0) is 78.1 Å². The van der Waals surface area contributed by atoms with Crippen molar-refractivity contribution in [2.75, 3.05) is 27.3 Å². The number of fused-ring (bicyclic) bond motifs is 7. The number of ether oxygens (including phenoxy) is 3. The molecule has 3 aliphatic rings. The van der Waals surface area contributed by atoms with E-state index in [0.29, 0.717) is 19.7 Å². The predicted octanol–water partition coefficient (Wildman–Crippen LogP) is 7.26. The monoisotopic (exact) mass is 826 g/mol. The van der Waals surface area contributed by atoms with Crippen LogP contribution in [0.25, 0.3) is 44.2 Å². The summed E-state index contributed by atoms with van der Waals surface area (Å²) in [4.78, 5) is 58.9. The third kappa shape index (κ3) is 7.41. The van der Waals surface area contributed by atoms with E-state index >= 15 is 0 Å². The van der Waals surface area contributed by atoms with Crippen LogP contribution in [0.5, 0.6) is 5.75 Å². The molecule has 9 rings (SSSR count). The number of benzene rings is 4. The van der Waals surface area contributed by atoms with Crippen molar-refractivity contribution in [2.24, 2.45) is 5.92 Å². The molecule has 6 aromatic rings. The fourth-order valence-corrected chi connectivity index (χ4v) is 9.30. The number of rotatable bonds is 10. The number of aliphatic hydroxyl groups is 1. The van der Waals surface area contributed by atoms with Gasteiger partial charge >= 0.3 is 12.2 Å². The van der Waals surface area contributed by atoms with Crippen LogP contribution in [0.1, 0.15) is 80.4 Å². The van der Waals surface area contributed by atoms with Gasteiger partial charge in [0.05, 0.1) is 55.3 Å². The van der Waals surface area contributed by atoms with Gasteiger partial charge in [-0.2, -0.15) is 0 Å². The number of nitrogens with zero attached hydrogens (tertiary/aromatic N) is 4. The number of aromatic nitrogens is 4. The Morgan fingerprint density at radius 2 is 1.59 bits per heavy atom. The number of H-pyrrole nitrogens is 2. The largest absolute Gasteiger partial charge is 0.488 e. The molecule has 0 aliphatic carbocycles. The third-order valence-electron chi connectivity index (χ3n) is 12.4. The number of likely N-dealkylation sites (tertiary alicyclic amines) is 2. The van der Waals surface area contributed by atoms with Crippen molar-refractivity contribution in [2.45, 2.75) is 76.5 Å². The molecule has 2 saturated heterocycles. The number of hydrogen-bond donors (Lipinski definition) is 5. The van der Waals surface area contributed by atoms with Crippen molar-refractivity contribution in [1.29, 1.82) is 0 Å². The Bertz CT molecular complexity index is 2610. The van der Waals surface area contributed by atoms with Crippen LogP contribution >= 0.6 is 0 Å². The summed E-state index contributed by atoms with van der Waals surface area (Å²) in [5.41, 5.74) is 7.42. The van der Waals surface area contributed by atoms with Crippen LogP contribution in [0.4, 0.5) is 9.59 Å². The molecule has 2 aromatic heterocycles. The van der Waals surface area contributed by atoms with Gasteiger partial charge in [-0.3, -0.25) is 9.69 Å². The van der Waals surface area contributed by atoms with Crippen LogP contribution in [0.2, 0.25) is 0 Å². The highest BCUT2D eigenvalue weighted by Crippen LogP contribution is 2.45. The van der Waals surface area contributed by atoms with Crippen molar-refractivity contribution >= 4 is 39.9 Å². The van der Waals surface area contributed by atoms with E-state index in [1.165, 1.54) is 14.2 Å². The summed E-state index contributed by atoms with van der Waals surface area (Å²) in [6, 6.07) is 22.2. The van der Waals surface area contributed by atoms with E-state index in [1.807, 2.05) is 66.2 Å². The van der Waals surface area contributed by atoms with E-state index in [0.717, 1.165) is 98.4 Å². The number of alkyl carbamates (subject to hydrolysis) is 2. The standard InChI is InChI=1S/C46H50N8O7/c1-25(2)37(51-45(57)59-3)43(55)54-21-9-13-36(54)42-48-33-19-18-32-30(39(33)50-42)16-17-31-29-15-14-27(22-28(29)24-61-40(31)32)34-23-47-41(49-34)35-12-8-20-53(35)44(56)38(52-46(58)60-4)26-10-6-5-7-11-26/h5-7,10-11,14-19,22-23,25,35-38,44,56H,8-9,12-13,20-21,24H2,1-4H3,(H,47,49)(H,48,50)(H,51,57)(H,52,58). The molecule has 3 aliphatic heterocycles. The summed E-state index contributed by atoms with van der Waals surface area (Å²) in [6.45, 7) is 5.41. The van der Waals surface area contributed by atoms with Gasteiger partial charge in [-0.15, -0.1) is 0 Å². The first kappa shape index (κ1) is 40.0. The van der Waals surface area contributed by atoms with Crippen LogP contribution in [0, 0.1) is 5.92 Å². The lowest BCUT2D eigenvalue weighted by atomic mass is 9.92. The second-order valence-corrected chi connectivity index (χ2v) is 16.3. The first-order valence-corrected chi connectivity index (χ1v) is 20.9. The number of carbonyl (C=O) groups excluding carboxylic acids is 3. The molecule has 316 valence electrons. The topological polar surface area (TPSA) is 187 Å². The maximum Gasteiger partial charge on any atom is 0.407 e. The van der Waals surface area contributed by atoms with Gasteiger partial charge in [-0.1, -0.05) is 62.4 Å². The van der Waals surface area contributed by atoms with Gasteiger partial charge in [0, 0.05) is 29.4 Å². The highest BCUT2D eigenvalue weighted by Gasteiger charge is 2.39. The molecule has 0 radical (unpaired) electrons. The zero-order valence-corrected chi connectivity index (χ0v) is 34.6. The van der Waals surface area contributed by atoms with Crippen LogP contribution in [-0.4, -0.2) is 92.5 Å². The molecule has 5 heterocycles. The molecular weight excluding hydrogens is 777 g/mol. The van der Waals surface area contributed by atoms with Crippen LogP contribution in [0.15, 0.2) is 79.0 Å². The lowest BCUT2D eigenvalue weighted by Crippen LogP contribution is -2.51. The molecule has 2 fully saturated rings. The summed E-state index contributed by atoms with van der Waals surface area (Å²) < 4.78 is 16.2. The normalized spacial score (nSPS) is 19.0. The minimum absolute atomic E-state index is 0.123. The Morgan fingerprint density at radius 3 is 2.38 bits per heavy atom. The van der Waals surface area contributed by atoms with Crippen molar-refractivity contribution in [1.82, 2.24) is 40.4 Å². The second-order valence-electron chi connectivity index (χ2n) is 16.3. The van der Waals surface area contributed by atoms with Gasteiger partial charge in [0.1, 0.15) is 36.3 Å². The maximum atomic E-state index is 13.8. The molecule has 5 atom stereocenters. The maximum absolute atomic E-state index is 13.8. The highest BCUT2D eigenvalue weighted by molar-refractivity contribution is 6.09. The average molecular weight is 827 g/mol. The molecule has 0 saturated carbocycles. The smallest absolute Gasteiger partial charge is 0.407 e. The number of aromatic amines is 2. The van der Waals surface area contributed by atoms with E-state index < -0.39 is 30.5 Å². The van der Waals surface area contributed by atoms with Gasteiger partial charge < -0.3 is 44.8 Å². The number of amides is 3. The molecule has 61 heavy (non-hydrogen) atoms. The number of aliphatic hydroxyl groups excluding tert-OH is 1. The van der Waals surface area contributed by atoms with E-state index in [-0.39, 0.29) is 23.9 Å². The van der Waals surface area contributed by atoms with Crippen molar-refractivity contribution in [3.63, 3.8) is 0 Å². The quantitative estimate of drug-likeness (QED) is 0.0941. The molecule has 5 N–H and O–H groups in total. The van der Waals surface area contributed by atoms with E-state index in [9.17, 15) is 19.5 Å². The molecule has 5 unspecified atom stereocenters. The van der Waals surface area contributed by atoms with Gasteiger partial charge in [0.15, 0.2) is 0 Å². The summed E-state index contributed by atoms with van der Waals surface area (Å²) in [6.07, 6.45) is 2.83. The van der Waals surface area contributed by atoms with Crippen LogP contribution in [-0.2, 0) is 20.9 Å². The fraction of sp³-hybridized carbons (Fsp3) is 0.370. The van der Waals surface area contributed by atoms with Crippen molar-refractivity contribution < 1.29 is 33.7 Å². The van der Waals surface area contributed by atoms with Gasteiger partial charge in [0.25, 0.3) is 0 Å². The van der Waals surface area contributed by atoms with E-state index in [4.69, 9.17) is 24.2 Å². The Hall–Kier alpha value is -6.45. The van der Waals surface area contributed by atoms with Gasteiger partial charge in [0.2, 0.25) is 5.91 Å². The lowest BCUT2D eigenvalue weighted by Gasteiger charge is -2.34. The number of nitrogens with one attached hydrogen (secondary N) is 4. The Morgan fingerprint density at radius 1 is 0.852 bits per heavy atom. The first-order chi connectivity index (χ1) is 29.6. The molecular formula is C46H50N8O7. The molecule has 15 heteroatoms. The zero-order valence-electron chi connectivity index (χ0n) is 34.6. The second kappa shape index (κ2) is 16.5. The van der Waals surface area contributed by atoms with Crippen LogP contribution < -0.4 is 15.4 Å². The van der Waals surface area contributed by atoms with Crippen molar-refractivity contribution in [3.8, 4) is 28.1 Å². The number of methoxy groups -OCH3 is 2. The summed E-state index contributed by atoms with van der Waals surface area (Å²) in [5.74, 6) is 2.00. The predicted molar refractivity (Wildman–Crippen MR) is 228 cm³/mol. The zero-order chi connectivity index (χ0) is 42.4. The average Bonchev–Trinajstić information content (AvgIpc) is 4.13. The SMILES string of the molecule is COC(=O)NC(C(=O)N1CCCC1c1nc2c(ccc3c4c(ccc32)-c2ccc(-c3cnc(C5CCCN5C(O)C(NC(=O)OC)c5ccccc5)[nH]3)cc2CO4)[nH]1)C(C)C. The number of imidazole rings is 2. The fourth-order valence-electron chi connectivity index (χ4n) is 9.30. The highest BCUT2D eigenvalue weighted by atomic mass is 16.5. The van der Waals surface area contributed by atoms with Gasteiger partial charge in [-0.25, -0.2) is 19.6 Å². The number of carbonyl (C=O) groups is 3. The molecule has 15 nitrogen and oxygen atoms in total. The van der Waals surface area contributed by atoms with Crippen LogP contribution in [0.3, 0.4) is 0 Å². The number of hydrogen-bond acceptors (Lipinski definition) is 10. The Labute approximate surface area is 352 Å². The minimum Gasteiger partial charge on any atom is -0.488 e.